The standard InChI is InChI=1S/C74H99N15O17S2/c1-40-59(91)34-44(31-45-30-41-14-2-8-21-51(41)82-45)69(101)85-53(23-10-11-25-62(75)76)70(102)84-52(66(77)98)22-9-3-15-42(32-60(92)56(38-107)83-63(94)26-27-65(97)106-37-50-48-19-6-4-17-46(48)47-18-5-7-20-49(47)50)67(99)87-55(36-90)71(103)86-54(35-64(95)96)73(105)89-29-13-24-58(89)61(93)33-43(16-12-28-80-74(78)79)68(100)88-57(39-108)72(104)81-40/h2,4-8,14,17-21,30,40,42-44,50,52-58,82,90,107-108H,3,9-13,15-16,22-29,31-39H2,1H3,(H3,75,76)(H2,77,98)(H,81,104)(H,83,94)(H,84,102)(H,85,101)(H,86,103)(H,87,99)(H,88,100)(H,95,96)(H4,78,79,80)/t40-,42+,43+,44+,52-,53-,54-,55-,56-,57-,58?/m0/s1. The number of aliphatic imine (C=N–C) groups is 1. The average molecular weight is 1530 g/mol. The van der Waals surface area contributed by atoms with Crippen LogP contribution >= 0.6 is 25.3 Å². The van der Waals surface area contributed by atoms with Crippen LogP contribution in [0.15, 0.2) is 83.9 Å². The molecule has 19 N–H and O–H groups in total. The van der Waals surface area contributed by atoms with Crippen LogP contribution in [0.1, 0.15) is 145 Å². The number of aromatic nitrogens is 1. The van der Waals surface area contributed by atoms with Crippen LogP contribution in [0.3, 0.4) is 0 Å². The van der Waals surface area contributed by atoms with E-state index >= 15 is 0 Å². The Morgan fingerprint density at radius 1 is 0.657 bits per heavy atom. The zero-order valence-electron chi connectivity index (χ0n) is 60.2. The Labute approximate surface area is 635 Å². The number of primary amides is 1. The Kier molecular flexibility index (Phi) is 32.9. The number of aliphatic carboxylic acids is 1. The number of aliphatic hydroxyl groups is 1. The number of amidine groups is 1. The summed E-state index contributed by atoms with van der Waals surface area (Å²) in [6.45, 7) is 0.0969. The molecule has 2 saturated heterocycles. The molecule has 4 aromatic rings. The molecule has 584 valence electrons. The molecule has 3 aromatic carbocycles. The number of hydrogen-bond acceptors (Lipinski definition) is 20. The Morgan fingerprint density at radius 3 is 1.92 bits per heavy atom. The number of aliphatic hydroxyl groups excluding tert-OH is 1. The van der Waals surface area contributed by atoms with Gasteiger partial charge in [0.15, 0.2) is 23.3 Å². The number of para-hydroxylation sites is 1. The molecule has 9 amide bonds. The summed E-state index contributed by atoms with van der Waals surface area (Å²) in [6, 6.07) is 12.4. The van der Waals surface area contributed by atoms with Crippen molar-refractivity contribution in [1.29, 1.82) is 5.41 Å². The lowest BCUT2D eigenvalue weighted by atomic mass is 9.91. The number of carboxylic acid groups (broad SMARTS) is 1. The van der Waals surface area contributed by atoms with Crippen molar-refractivity contribution in [2.75, 3.05) is 37.8 Å². The van der Waals surface area contributed by atoms with E-state index in [9.17, 15) is 77.3 Å². The number of amides is 9. The van der Waals surface area contributed by atoms with Gasteiger partial charge in [-0.2, -0.15) is 25.3 Å². The van der Waals surface area contributed by atoms with Crippen LogP contribution in [-0.4, -0.2) is 200 Å². The summed E-state index contributed by atoms with van der Waals surface area (Å²) < 4.78 is 5.67. The molecule has 3 heterocycles. The Balaban J connectivity index is 1.16. The second-order valence-corrected chi connectivity index (χ2v) is 28.2. The molecule has 1 unspecified atom stereocenters. The molecule has 0 spiro atoms. The largest absolute Gasteiger partial charge is 0.481 e. The Morgan fingerprint density at radius 2 is 1.27 bits per heavy atom. The molecular weight excluding hydrogens is 1440 g/mol. The maximum Gasteiger partial charge on any atom is 0.306 e. The SMILES string of the molecule is C[C@@H]1NC(=O)[C@H](CS)NC(=O)[C@H](CCCN=C(N)N)CC(=O)C2CCCN2C(=O)[C@H](CC(=O)O)NC(=O)[C@H](CO)NC(=O)[C@@H](CC(=O)[C@H](CS)NC(=O)CCC(=O)OCC2c3ccccc3-c3ccccc32)CCCC[C@@H](C(N)=O)NC(=O)[C@H](CCCCC(=N)N)NC(=O)[C@H](Cc2cc3ccccc3[nH]2)CC1=O. The van der Waals surface area contributed by atoms with Crippen LogP contribution in [0.25, 0.3) is 22.0 Å². The van der Waals surface area contributed by atoms with Gasteiger partial charge >= 0.3 is 11.9 Å². The zero-order chi connectivity index (χ0) is 78.7. The number of rotatable bonds is 26. The first kappa shape index (κ1) is 85.0. The third-order valence-corrected chi connectivity index (χ3v) is 20.2. The van der Waals surface area contributed by atoms with Crippen molar-refractivity contribution < 1.29 is 82.1 Å². The van der Waals surface area contributed by atoms with Gasteiger partial charge in [-0.25, -0.2) is 0 Å². The third-order valence-electron chi connectivity index (χ3n) is 19.5. The summed E-state index contributed by atoms with van der Waals surface area (Å²) in [6.07, 6.45) is -3.23. The lowest BCUT2D eigenvalue weighted by molar-refractivity contribution is -0.146. The fourth-order valence-electron chi connectivity index (χ4n) is 13.6. The summed E-state index contributed by atoms with van der Waals surface area (Å²) in [7, 11) is 0. The van der Waals surface area contributed by atoms with E-state index in [1.54, 1.807) is 24.3 Å². The highest BCUT2D eigenvalue weighted by atomic mass is 32.1. The van der Waals surface area contributed by atoms with Gasteiger partial charge in [0.2, 0.25) is 53.2 Å². The number of aromatic amines is 1. The van der Waals surface area contributed by atoms with E-state index < -0.39 is 187 Å². The number of guanidine groups is 1. The number of fused-ring (bicyclic) bond motifs is 5. The third kappa shape index (κ3) is 24.9. The number of thiol groups is 2. The van der Waals surface area contributed by atoms with Crippen molar-refractivity contribution in [3.63, 3.8) is 0 Å². The highest BCUT2D eigenvalue weighted by molar-refractivity contribution is 7.80. The van der Waals surface area contributed by atoms with Gasteiger partial charge in [-0.3, -0.25) is 77.5 Å². The van der Waals surface area contributed by atoms with Crippen molar-refractivity contribution in [1.82, 2.24) is 47.1 Å². The molecule has 2 fully saturated rings. The lowest BCUT2D eigenvalue weighted by Crippen LogP contribution is -2.57. The summed E-state index contributed by atoms with van der Waals surface area (Å²) in [4.78, 5) is 205. The van der Waals surface area contributed by atoms with Gasteiger partial charge in [0.1, 0.15) is 36.8 Å². The minimum absolute atomic E-state index is 0.00239. The molecule has 7 rings (SSSR count). The number of H-pyrrole nitrogens is 1. The van der Waals surface area contributed by atoms with Crippen molar-refractivity contribution >= 4 is 130 Å². The highest BCUT2D eigenvalue weighted by Gasteiger charge is 2.42. The molecule has 0 radical (unpaired) electrons. The van der Waals surface area contributed by atoms with Crippen molar-refractivity contribution in [3.05, 3.63) is 95.7 Å². The van der Waals surface area contributed by atoms with E-state index in [2.05, 4.69) is 72.5 Å². The number of Topliss-reactive ketones (excluding diaryl/α,β-unsaturated/α-hetero) is 3. The first-order valence-electron chi connectivity index (χ1n) is 36.2. The van der Waals surface area contributed by atoms with Crippen molar-refractivity contribution in [3.8, 4) is 11.1 Å². The van der Waals surface area contributed by atoms with Crippen LogP contribution in [0.4, 0.5) is 0 Å². The number of unbranched alkanes of at least 4 members (excludes halogenated alkanes) is 1. The molecule has 108 heavy (non-hydrogen) atoms. The summed E-state index contributed by atoms with van der Waals surface area (Å²) >= 11 is 8.65. The normalized spacial score (nSPS) is 23.1. The first-order valence-corrected chi connectivity index (χ1v) is 37.5. The van der Waals surface area contributed by atoms with E-state index in [1.165, 1.54) is 6.92 Å². The number of nitrogens with zero attached hydrogens (tertiary/aromatic N) is 2. The van der Waals surface area contributed by atoms with E-state index in [-0.39, 0.29) is 132 Å². The molecule has 34 heteroatoms. The van der Waals surface area contributed by atoms with E-state index in [0.717, 1.165) is 32.5 Å². The number of ketones is 3. The van der Waals surface area contributed by atoms with Gasteiger partial charge in [-0.1, -0.05) is 86.0 Å². The van der Waals surface area contributed by atoms with Gasteiger partial charge in [0.25, 0.3) is 0 Å². The maximum atomic E-state index is 14.8. The summed E-state index contributed by atoms with van der Waals surface area (Å²) in [5.41, 5.74) is 27.9. The fraction of sp³-hybridized carbons (Fsp3) is 0.514. The van der Waals surface area contributed by atoms with Gasteiger partial charge in [0.05, 0.1) is 49.3 Å². The Bertz CT molecular complexity index is 3900. The molecule has 3 aliphatic rings. The molecule has 0 saturated carbocycles. The van der Waals surface area contributed by atoms with E-state index in [4.69, 9.17) is 33.1 Å². The maximum absolute atomic E-state index is 14.8. The molecule has 0 bridgehead atoms. The molecule has 11 atom stereocenters. The Hall–Kier alpha value is -10.2. The number of carboxylic acids is 1. The first-order chi connectivity index (χ1) is 51.6. The molecular formula is C74H99N15O17S2. The number of esters is 1. The topological polar surface area (TPSA) is 532 Å². The second kappa shape index (κ2) is 41.8. The number of nitrogens with one attached hydrogen (secondary N) is 9. The van der Waals surface area contributed by atoms with Gasteiger partial charge < -0.3 is 85.0 Å². The minimum Gasteiger partial charge on any atom is -0.481 e. The van der Waals surface area contributed by atoms with Crippen molar-refractivity contribution in [2.24, 2.45) is 45.7 Å². The van der Waals surface area contributed by atoms with Gasteiger partial charge in [0, 0.05) is 85.7 Å². The van der Waals surface area contributed by atoms with E-state index in [1.807, 2.05) is 54.6 Å². The predicted molar refractivity (Wildman–Crippen MR) is 404 cm³/mol. The number of hydrogen-bond donors (Lipinski definition) is 17. The number of carbonyl (C=O) groups is 14. The summed E-state index contributed by atoms with van der Waals surface area (Å²) in [5.74, 6) is -17.9. The zero-order valence-corrected chi connectivity index (χ0v) is 62.0. The minimum atomic E-state index is -1.93. The smallest absolute Gasteiger partial charge is 0.306 e. The van der Waals surface area contributed by atoms with Crippen LogP contribution in [0.5, 0.6) is 0 Å². The van der Waals surface area contributed by atoms with Gasteiger partial charge in [-0.05, 0) is 104 Å². The number of ether oxygens (including phenoxy) is 1. The lowest BCUT2D eigenvalue weighted by Gasteiger charge is -2.30. The number of nitrogens with two attached hydrogens (primary N) is 4. The van der Waals surface area contributed by atoms with Crippen LogP contribution < -0.4 is 60.2 Å². The molecule has 1 aromatic heterocycles. The monoisotopic (exact) mass is 1530 g/mol. The van der Waals surface area contributed by atoms with E-state index in [0.29, 0.717) is 17.6 Å². The van der Waals surface area contributed by atoms with Crippen molar-refractivity contribution in [2.45, 2.75) is 183 Å². The van der Waals surface area contributed by atoms with Gasteiger partial charge in [-0.15, -0.1) is 0 Å². The molecule has 2 aliphatic heterocycles. The molecule has 32 nitrogen and oxygen atoms in total. The highest BCUT2D eigenvalue weighted by Crippen LogP contribution is 2.44. The number of carbonyl (C=O) groups excluding carboxylic acids is 13. The van der Waals surface area contributed by atoms with Crippen LogP contribution in [-0.2, 0) is 78.3 Å². The average Bonchev–Trinajstić information content (AvgIpc) is 1.61. The van der Waals surface area contributed by atoms with Crippen LogP contribution in [0, 0.1) is 23.2 Å². The second-order valence-electron chi connectivity index (χ2n) is 27.5. The van der Waals surface area contributed by atoms with Crippen LogP contribution in [0.2, 0.25) is 0 Å². The predicted octanol–water partition coefficient (Wildman–Crippen LogP) is 0.913. The molecule has 1 aliphatic carbocycles. The fourth-order valence-corrected chi connectivity index (χ4v) is 14.2. The summed E-state index contributed by atoms with van der Waals surface area (Å²) in [5, 5.41) is 47.2. The number of benzene rings is 3. The quantitative estimate of drug-likeness (QED) is 0.0137.